The molecule has 0 aliphatic heterocycles. The van der Waals surface area contributed by atoms with E-state index in [4.69, 9.17) is 14.5 Å². The zero-order valence-electron chi connectivity index (χ0n) is 23.4. The lowest BCUT2D eigenvalue weighted by atomic mass is 9.76. The highest BCUT2D eigenvalue weighted by molar-refractivity contribution is 5.94. The molecule has 0 amide bonds. The third-order valence-electron chi connectivity index (χ3n) is 8.53. The van der Waals surface area contributed by atoms with Crippen LogP contribution in [0.3, 0.4) is 0 Å². The number of hydrogen-bond donors (Lipinski definition) is 1. The normalized spacial score (nSPS) is 18.8. The first-order valence-electron chi connectivity index (χ1n) is 13.7. The van der Waals surface area contributed by atoms with Gasteiger partial charge in [0.25, 0.3) is 0 Å². The summed E-state index contributed by atoms with van der Waals surface area (Å²) in [4.78, 5) is 13.1. The number of fused-ring (bicyclic) bond motifs is 2. The fourth-order valence-electron chi connectivity index (χ4n) is 6.17. The third-order valence-corrected chi connectivity index (χ3v) is 8.53. The van der Waals surface area contributed by atoms with Crippen molar-refractivity contribution in [1.29, 1.82) is 0 Å². The minimum absolute atomic E-state index is 0.0261. The lowest BCUT2D eigenvalue weighted by molar-refractivity contribution is 0.00888. The van der Waals surface area contributed by atoms with E-state index in [1.807, 2.05) is 19.5 Å². The number of methoxy groups -OCH3 is 2. The summed E-state index contributed by atoms with van der Waals surface area (Å²) in [5.74, 6) is 2.38. The summed E-state index contributed by atoms with van der Waals surface area (Å²) in [6, 6.07) is 2.05. The molecule has 0 unspecified atom stereocenters. The summed E-state index contributed by atoms with van der Waals surface area (Å²) in [5, 5.41) is 5.68. The topological polar surface area (TPSA) is 77.3 Å². The Balaban J connectivity index is 1.47. The van der Waals surface area contributed by atoms with E-state index in [0.29, 0.717) is 17.6 Å². The minimum Gasteiger partial charge on any atom is -0.493 e. The van der Waals surface area contributed by atoms with Gasteiger partial charge in [0, 0.05) is 35.9 Å². The van der Waals surface area contributed by atoms with Crippen LogP contribution >= 0.6 is 0 Å². The Hall–Kier alpha value is -2.93. The summed E-state index contributed by atoms with van der Waals surface area (Å²) < 4.78 is 13.1. The summed E-state index contributed by atoms with van der Waals surface area (Å²) >= 11 is 0. The maximum Gasteiger partial charge on any atom is 0.197 e. The Kier molecular flexibility index (Phi) is 7.01. The molecule has 0 spiro atoms. The largest absolute Gasteiger partial charge is 0.493 e. The van der Waals surface area contributed by atoms with Crippen molar-refractivity contribution in [2.24, 2.45) is 5.92 Å². The Morgan fingerprint density at radius 3 is 2.57 bits per heavy atom. The van der Waals surface area contributed by atoms with Crippen molar-refractivity contribution in [1.82, 2.24) is 24.6 Å². The fraction of sp³-hybridized carbons (Fsp3) is 0.567. The maximum absolute atomic E-state index is 5.64. The highest BCUT2D eigenvalue weighted by Gasteiger charge is 2.28. The van der Waals surface area contributed by atoms with Crippen molar-refractivity contribution in [3.63, 3.8) is 0 Å². The summed E-state index contributed by atoms with van der Waals surface area (Å²) in [7, 11) is 3.50. The van der Waals surface area contributed by atoms with Crippen LogP contribution in [0.15, 0.2) is 24.8 Å². The number of hydrogen-bond acceptors (Lipinski definition) is 5. The Labute approximate surface area is 220 Å². The average molecular weight is 504 g/mol. The van der Waals surface area contributed by atoms with Crippen molar-refractivity contribution in [2.75, 3.05) is 14.2 Å². The molecule has 0 atom stereocenters. The van der Waals surface area contributed by atoms with Crippen molar-refractivity contribution in [3.8, 4) is 17.0 Å². The molecule has 198 valence electrons. The molecule has 0 aromatic carbocycles. The van der Waals surface area contributed by atoms with Crippen LogP contribution in [-0.2, 0) is 4.74 Å². The van der Waals surface area contributed by atoms with Gasteiger partial charge in [0.2, 0.25) is 0 Å². The molecule has 0 radical (unpaired) electrons. The number of ether oxygens (including phenoxy) is 2. The van der Waals surface area contributed by atoms with Gasteiger partial charge in [0.1, 0.15) is 6.33 Å². The van der Waals surface area contributed by atoms with Gasteiger partial charge in [-0.3, -0.25) is 4.98 Å². The van der Waals surface area contributed by atoms with E-state index in [0.717, 1.165) is 34.8 Å². The van der Waals surface area contributed by atoms with Crippen molar-refractivity contribution in [3.05, 3.63) is 41.6 Å². The second kappa shape index (κ2) is 10.1. The van der Waals surface area contributed by atoms with Crippen LogP contribution in [0.2, 0.25) is 0 Å². The zero-order valence-corrected chi connectivity index (χ0v) is 23.4. The van der Waals surface area contributed by atoms with Gasteiger partial charge >= 0.3 is 0 Å². The van der Waals surface area contributed by atoms with Gasteiger partial charge in [-0.05, 0) is 88.3 Å². The van der Waals surface area contributed by atoms with Crippen LogP contribution in [0.1, 0.15) is 94.9 Å². The molecular formula is C30H41N5O2. The molecule has 1 fully saturated rings. The second-order valence-electron chi connectivity index (χ2n) is 11.7. The SMILES string of the molecule is COc1cc(-c2[nH]c3cnc(C4CCC(CCC(C)(C)OC)CC4)c(C)c3c2C(C)C)cn2ncnc12. The number of aromatic amines is 1. The van der Waals surface area contributed by atoms with Gasteiger partial charge in [0.05, 0.1) is 30.1 Å². The number of H-pyrrole nitrogens is 1. The Bertz CT molecular complexity index is 1390. The first-order chi connectivity index (χ1) is 17.7. The van der Waals surface area contributed by atoms with E-state index in [9.17, 15) is 0 Å². The van der Waals surface area contributed by atoms with Gasteiger partial charge in [-0.2, -0.15) is 5.10 Å². The summed E-state index contributed by atoms with van der Waals surface area (Å²) in [5.41, 5.74) is 7.85. The molecule has 1 N–H and O–H groups in total. The predicted molar refractivity (Wildman–Crippen MR) is 148 cm³/mol. The van der Waals surface area contributed by atoms with Gasteiger partial charge in [0.15, 0.2) is 11.4 Å². The minimum atomic E-state index is -0.0261. The number of rotatable bonds is 8. The molecule has 5 rings (SSSR count). The molecule has 1 saturated carbocycles. The van der Waals surface area contributed by atoms with Crippen molar-refractivity contribution >= 4 is 16.6 Å². The van der Waals surface area contributed by atoms with Crippen molar-refractivity contribution in [2.45, 2.75) is 90.6 Å². The lowest BCUT2D eigenvalue weighted by Crippen LogP contribution is -2.24. The first-order valence-corrected chi connectivity index (χ1v) is 13.7. The van der Waals surface area contributed by atoms with Crippen LogP contribution in [-0.4, -0.2) is 44.4 Å². The molecule has 4 heterocycles. The molecule has 7 nitrogen and oxygen atoms in total. The van der Waals surface area contributed by atoms with E-state index >= 15 is 0 Å². The van der Waals surface area contributed by atoms with Crippen LogP contribution < -0.4 is 4.74 Å². The van der Waals surface area contributed by atoms with Gasteiger partial charge < -0.3 is 14.5 Å². The van der Waals surface area contributed by atoms with Crippen molar-refractivity contribution < 1.29 is 9.47 Å². The molecule has 7 heteroatoms. The quantitative estimate of drug-likeness (QED) is 0.275. The van der Waals surface area contributed by atoms with E-state index in [1.54, 1.807) is 18.0 Å². The predicted octanol–water partition coefficient (Wildman–Crippen LogP) is 7.19. The standard InChI is InChI=1S/C30H41N5O2/c1-18(2)25-26-19(3)27(21-10-8-20(9-11-21)12-13-30(4,5)37-7)31-15-23(26)34-28(25)22-14-24(36-6)29-32-17-33-35(29)16-22/h14-18,20-21,34H,8-13H2,1-7H3. The first kappa shape index (κ1) is 25.7. The molecule has 37 heavy (non-hydrogen) atoms. The number of pyridine rings is 2. The number of aryl methyl sites for hydroxylation is 1. The smallest absolute Gasteiger partial charge is 0.197 e. The van der Waals surface area contributed by atoms with Crippen LogP contribution in [0.4, 0.5) is 0 Å². The highest BCUT2D eigenvalue weighted by atomic mass is 16.5. The number of nitrogens with one attached hydrogen (secondary N) is 1. The van der Waals surface area contributed by atoms with E-state index in [2.05, 4.69) is 55.8 Å². The summed E-state index contributed by atoms with van der Waals surface area (Å²) in [6.07, 6.45) is 13.0. The molecular weight excluding hydrogens is 462 g/mol. The maximum atomic E-state index is 5.64. The second-order valence-corrected chi connectivity index (χ2v) is 11.7. The van der Waals surface area contributed by atoms with Gasteiger partial charge in [-0.25, -0.2) is 9.50 Å². The molecule has 4 aromatic rings. The summed E-state index contributed by atoms with van der Waals surface area (Å²) in [6.45, 7) is 11.2. The van der Waals surface area contributed by atoms with E-state index < -0.39 is 0 Å². The fourth-order valence-corrected chi connectivity index (χ4v) is 6.17. The van der Waals surface area contributed by atoms with E-state index in [1.165, 1.54) is 54.3 Å². The van der Waals surface area contributed by atoms with Gasteiger partial charge in [-0.15, -0.1) is 0 Å². The zero-order chi connectivity index (χ0) is 26.3. The van der Waals surface area contributed by atoms with E-state index in [-0.39, 0.29) is 5.60 Å². The third kappa shape index (κ3) is 4.86. The Morgan fingerprint density at radius 2 is 1.89 bits per heavy atom. The molecule has 1 aliphatic carbocycles. The van der Waals surface area contributed by atoms with Crippen LogP contribution in [0.5, 0.6) is 5.75 Å². The lowest BCUT2D eigenvalue weighted by Gasteiger charge is -2.31. The monoisotopic (exact) mass is 503 g/mol. The van der Waals surface area contributed by atoms with Crippen LogP contribution in [0, 0.1) is 12.8 Å². The molecule has 0 saturated heterocycles. The molecule has 0 bridgehead atoms. The van der Waals surface area contributed by atoms with Crippen LogP contribution in [0.25, 0.3) is 27.8 Å². The molecule has 4 aromatic heterocycles. The molecule has 1 aliphatic rings. The highest BCUT2D eigenvalue weighted by Crippen LogP contribution is 2.43. The number of nitrogens with zero attached hydrogens (tertiary/aromatic N) is 4. The number of aromatic nitrogens is 5. The average Bonchev–Trinajstić information content (AvgIpc) is 3.53. The Morgan fingerprint density at radius 1 is 1.14 bits per heavy atom. The van der Waals surface area contributed by atoms with Gasteiger partial charge in [-0.1, -0.05) is 13.8 Å².